The number of likely N-dealkylation sites (tertiary alicyclic amines) is 1. The fourth-order valence-corrected chi connectivity index (χ4v) is 6.81. The molecule has 0 N–H and O–H groups in total. The smallest absolute Gasteiger partial charge is 0.410 e. The first-order chi connectivity index (χ1) is 18.5. The largest absolute Gasteiger partial charge is 0.487 e. The molecule has 0 aliphatic carbocycles. The van der Waals surface area contributed by atoms with Crippen molar-refractivity contribution in [2.24, 2.45) is 0 Å². The summed E-state index contributed by atoms with van der Waals surface area (Å²) in [6.45, 7) is 6.92. The molecule has 1 fully saturated rings. The van der Waals surface area contributed by atoms with Gasteiger partial charge in [-0.05, 0) is 85.7 Å². The van der Waals surface area contributed by atoms with Gasteiger partial charge < -0.3 is 14.4 Å². The molecule has 0 saturated carbocycles. The summed E-state index contributed by atoms with van der Waals surface area (Å²) in [6, 6.07) is 17.5. The molecule has 0 radical (unpaired) electrons. The summed E-state index contributed by atoms with van der Waals surface area (Å²) < 4.78 is 37.4. The minimum absolute atomic E-state index is 0.00106. The number of pyridine rings is 1. The SMILES string of the molecule is CC(C)(C)OC(=O)N1CCC2(CCc3cc(-c4ccc(CS(=O)(=O)Cc5ccncc5)cc4)ccc3O2)CC1. The van der Waals surface area contributed by atoms with Gasteiger partial charge in [-0.25, -0.2) is 13.2 Å². The van der Waals surface area contributed by atoms with Crippen molar-refractivity contribution in [3.8, 4) is 16.9 Å². The number of carbonyl (C=O) groups is 1. The van der Waals surface area contributed by atoms with Crippen LogP contribution in [0.2, 0.25) is 0 Å². The lowest BCUT2D eigenvalue weighted by Crippen LogP contribution is -2.52. The van der Waals surface area contributed by atoms with Crippen LogP contribution >= 0.6 is 0 Å². The van der Waals surface area contributed by atoms with Crippen LogP contribution in [0.3, 0.4) is 0 Å². The quantitative estimate of drug-likeness (QED) is 0.391. The highest BCUT2D eigenvalue weighted by molar-refractivity contribution is 7.89. The van der Waals surface area contributed by atoms with Gasteiger partial charge in [0.2, 0.25) is 0 Å². The van der Waals surface area contributed by atoms with E-state index in [1.165, 1.54) is 5.56 Å². The van der Waals surface area contributed by atoms with Gasteiger partial charge in [0.05, 0.1) is 11.5 Å². The number of hydrogen-bond acceptors (Lipinski definition) is 6. The third kappa shape index (κ3) is 6.79. The molecule has 3 heterocycles. The molecule has 1 amide bonds. The van der Waals surface area contributed by atoms with E-state index in [4.69, 9.17) is 9.47 Å². The Morgan fingerprint density at radius 2 is 1.54 bits per heavy atom. The van der Waals surface area contributed by atoms with E-state index >= 15 is 0 Å². The predicted molar refractivity (Wildman–Crippen MR) is 151 cm³/mol. The summed E-state index contributed by atoms with van der Waals surface area (Å²) in [7, 11) is -3.28. The first-order valence-electron chi connectivity index (χ1n) is 13.5. The number of ether oxygens (including phenoxy) is 2. The van der Waals surface area contributed by atoms with Crippen molar-refractivity contribution in [2.45, 2.75) is 69.2 Å². The minimum atomic E-state index is -3.28. The second-order valence-corrected chi connectivity index (χ2v) is 13.7. The number of nitrogens with zero attached hydrogens (tertiary/aromatic N) is 2. The fraction of sp³-hybridized carbons (Fsp3) is 0.419. The van der Waals surface area contributed by atoms with E-state index < -0.39 is 15.4 Å². The van der Waals surface area contributed by atoms with E-state index in [2.05, 4.69) is 17.1 Å². The Morgan fingerprint density at radius 1 is 0.923 bits per heavy atom. The van der Waals surface area contributed by atoms with Crippen LogP contribution in [0.4, 0.5) is 4.79 Å². The number of piperidine rings is 1. The van der Waals surface area contributed by atoms with E-state index in [9.17, 15) is 13.2 Å². The molecular weight excluding hydrogens is 512 g/mol. The normalized spacial score (nSPS) is 16.8. The maximum atomic E-state index is 12.7. The highest BCUT2D eigenvalue weighted by Gasteiger charge is 2.41. The molecule has 1 spiro atoms. The number of hydrogen-bond donors (Lipinski definition) is 0. The monoisotopic (exact) mass is 548 g/mol. The first-order valence-corrected chi connectivity index (χ1v) is 15.3. The molecule has 39 heavy (non-hydrogen) atoms. The summed E-state index contributed by atoms with van der Waals surface area (Å²) in [5, 5.41) is 0. The Morgan fingerprint density at radius 3 is 2.18 bits per heavy atom. The molecule has 206 valence electrons. The van der Waals surface area contributed by atoms with Crippen LogP contribution in [0.1, 0.15) is 56.7 Å². The number of sulfone groups is 1. The van der Waals surface area contributed by atoms with Gasteiger partial charge in [-0.2, -0.15) is 0 Å². The van der Waals surface area contributed by atoms with E-state index in [0.29, 0.717) is 13.1 Å². The molecule has 2 aromatic carbocycles. The van der Waals surface area contributed by atoms with E-state index in [1.54, 1.807) is 29.4 Å². The van der Waals surface area contributed by atoms with Crippen molar-refractivity contribution >= 4 is 15.9 Å². The maximum absolute atomic E-state index is 12.7. The Labute approximate surface area is 231 Å². The summed E-state index contributed by atoms with van der Waals surface area (Å²) in [6.07, 6.45) is 6.38. The summed E-state index contributed by atoms with van der Waals surface area (Å²) in [5.41, 5.74) is 4.08. The van der Waals surface area contributed by atoms with Crippen molar-refractivity contribution in [3.05, 3.63) is 83.7 Å². The van der Waals surface area contributed by atoms with Gasteiger partial charge in [-0.1, -0.05) is 30.3 Å². The lowest BCUT2D eigenvalue weighted by atomic mass is 9.82. The lowest BCUT2D eigenvalue weighted by Gasteiger charge is -2.44. The van der Waals surface area contributed by atoms with Gasteiger partial charge in [-0.15, -0.1) is 0 Å². The van der Waals surface area contributed by atoms with Gasteiger partial charge in [0.25, 0.3) is 0 Å². The van der Waals surface area contributed by atoms with Crippen molar-refractivity contribution in [1.82, 2.24) is 9.88 Å². The summed E-state index contributed by atoms with van der Waals surface area (Å²) in [5.74, 6) is 0.915. The van der Waals surface area contributed by atoms with E-state index in [0.717, 1.165) is 53.7 Å². The zero-order valence-corrected chi connectivity index (χ0v) is 23.7. The maximum Gasteiger partial charge on any atom is 0.410 e. The highest BCUT2D eigenvalue weighted by Crippen LogP contribution is 2.41. The fourth-order valence-electron chi connectivity index (χ4n) is 5.31. The number of benzene rings is 2. The molecule has 8 heteroatoms. The second-order valence-electron chi connectivity index (χ2n) is 11.7. The number of rotatable bonds is 5. The lowest BCUT2D eigenvalue weighted by molar-refractivity contribution is -0.0272. The molecule has 1 saturated heterocycles. The number of aromatic nitrogens is 1. The third-order valence-corrected chi connectivity index (χ3v) is 8.92. The van der Waals surface area contributed by atoms with Crippen molar-refractivity contribution < 1.29 is 22.7 Å². The molecule has 7 nitrogen and oxygen atoms in total. The summed E-state index contributed by atoms with van der Waals surface area (Å²) in [4.78, 5) is 18.2. The predicted octanol–water partition coefficient (Wildman–Crippen LogP) is 5.96. The Balaban J connectivity index is 1.21. The molecule has 3 aromatic rings. The van der Waals surface area contributed by atoms with Gasteiger partial charge >= 0.3 is 6.09 Å². The second kappa shape index (κ2) is 10.6. The van der Waals surface area contributed by atoms with Crippen LogP contribution < -0.4 is 4.74 Å². The van der Waals surface area contributed by atoms with Gasteiger partial charge in [0, 0.05) is 38.3 Å². The Bertz CT molecular complexity index is 1420. The van der Waals surface area contributed by atoms with Gasteiger partial charge in [-0.3, -0.25) is 4.98 Å². The average Bonchev–Trinajstić information content (AvgIpc) is 2.88. The van der Waals surface area contributed by atoms with Crippen LogP contribution in [0.15, 0.2) is 67.0 Å². The standard InChI is InChI=1S/C31H36N2O5S/c1-30(2,3)38-29(34)33-18-14-31(15-19-33)13-10-27-20-26(8-9-28(27)37-31)25-6-4-23(5-7-25)21-39(35,36)22-24-11-16-32-17-12-24/h4-9,11-12,16-17,20H,10,13-15,18-19,21-22H2,1-3H3. The molecule has 2 aliphatic rings. The average molecular weight is 549 g/mol. The number of aryl methyl sites for hydroxylation is 1. The molecule has 0 atom stereocenters. The molecule has 0 bridgehead atoms. The van der Waals surface area contributed by atoms with Crippen LogP contribution in [-0.2, 0) is 32.5 Å². The third-order valence-electron chi connectivity index (χ3n) is 7.37. The zero-order valence-electron chi connectivity index (χ0n) is 22.9. The van der Waals surface area contributed by atoms with Crippen molar-refractivity contribution in [2.75, 3.05) is 13.1 Å². The molecule has 5 rings (SSSR count). The highest BCUT2D eigenvalue weighted by atomic mass is 32.2. The zero-order chi connectivity index (χ0) is 27.7. The van der Waals surface area contributed by atoms with Gasteiger partial charge in [0.1, 0.15) is 17.0 Å². The van der Waals surface area contributed by atoms with Crippen LogP contribution in [0.5, 0.6) is 5.75 Å². The van der Waals surface area contributed by atoms with E-state index in [1.807, 2.05) is 51.1 Å². The van der Waals surface area contributed by atoms with E-state index in [-0.39, 0.29) is 23.2 Å². The van der Waals surface area contributed by atoms with Crippen LogP contribution in [0.25, 0.3) is 11.1 Å². The van der Waals surface area contributed by atoms with Crippen LogP contribution in [-0.4, -0.2) is 48.7 Å². The van der Waals surface area contributed by atoms with Crippen molar-refractivity contribution in [3.63, 3.8) is 0 Å². The number of amides is 1. The van der Waals surface area contributed by atoms with Gasteiger partial charge in [0.15, 0.2) is 9.84 Å². The topological polar surface area (TPSA) is 85.8 Å². The van der Waals surface area contributed by atoms with Crippen LogP contribution in [0, 0.1) is 0 Å². The Hall–Kier alpha value is -3.39. The number of carbonyl (C=O) groups excluding carboxylic acids is 1. The molecule has 2 aliphatic heterocycles. The Kier molecular flexibility index (Phi) is 7.42. The van der Waals surface area contributed by atoms with Crippen molar-refractivity contribution in [1.29, 1.82) is 0 Å². The molecular formula is C31H36N2O5S. The first kappa shape index (κ1) is 27.2. The molecule has 1 aromatic heterocycles. The number of fused-ring (bicyclic) bond motifs is 1. The summed E-state index contributed by atoms with van der Waals surface area (Å²) >= 11 is 0. The minimum Gasteiger partial charge on any atom is -0.487 e. The molecule has 0 unspecified atom stereocenters.